The molecule has 0 amide bonds. The van der Waals surface area contributed by atoms with E-state index in [4.69, 9.17) is 22.4 Å². The maximum Gasteiger partial charge on any atom is 0.132 e. The first kappa shape index (κ1) is 11.4. The number of aliphatic hydroxyl groups excluding tert-OH is 1. The van der Waals surface area contributed by atoms with E-state index < -0.39 is 17.7 Å². The smallest absolute Gasteiger partial charge is 0.132 e. The molecular weight excluding hydrogens is 212 g/mol. The average molecular weight is 222 g/mol. The first-order valence-corrected chi connectivity index (χ1v) is 4.45. The van der Waals surface area contributed by atoms with E-state index in [1.807, 2.05) is 0 Å². The van der Waals surface area contributed by atoms with Gasteiger partial charge in [-0.1, -0.05) is 11.6 Å². The van der Waals surface area contributed by atoms with E-state index in [-0.39, 0.29) is 23.6 Å². The zero-order valence-electron chi connectivity index (χ0n) is 7.30. The molecule has 0 bridgehead atoms. The van der Waals surface area contributed by atoms with Gasteiger partial charge in [0, 0.05) is 23.2 Å². The van der Waals surface area contributed by atoms with Crippen LogP contribution in [0.15, 0.2) is 12.1 Å². The minimum atomic E-state index is -0.850. The molecule has 1 atom stereocenters. The van der Waals surface area contributed by atoms with Crippen LogP contribution in [0.1, 0.15) is 18.0 Å². The van der Waals surface area contributed by atoms with E-state index >= 15 is 0 Å². The SMILES string of the molecule is N[C@H](CCO)c1c(F)cc(Cl)cc1F. The molecule has 5 heteroatoms. The Hall–Kier alpha value is -0.710. The second-order valence-corrected chi connectivity index (χ2v) is 3.34. The fraction of sp³-hybridized carbons (Fsp3) is 0.333. The third-order valence-corrected chi connectivity index (χ3v) is 2.07. The van der Waals surface area contributed by atoms with Crippen LogP contribution in [0.4, 0.5) is 8.78 Å². The van der Waals surface area contributed by atoms with Crippen molar-refractivity contribution in [3.8, 4) is 0 Å². The number of nitrogens with two attached hydrogens (primary N) is 1. The molecule has 0 fully saturated rings. The number of halogens is 3. The Bertz CT molecular complexity index is 310. The number of hydrogen-bond donors (Lipinski definition) is 2. The minimum Gasteiger partial charge on any atom is -0.396 e. The zero-order valence-corrected chi connectivity index (χ0v) is 8.06. The van der Waals surface area contributed by atoms with Gasteiger partial charge in [0.25, 0.3) is 0 Å². The van der Waals surface area contributed by atoms with Crippen molar-refractivity contribution in [3.05, 3.63) is 34.4 Å². The Morgan fingerprint density at radius 1 is 1.36 bits per heavy atom. The van der Waals surface area contributed by atoms with Crippen molar-refractivity contribution in [2.75, 3.05) is 6.61 Å². The number of hydrogen-bond acceptors (Lipinski definition) is 2. The maximum atomic E-state index is 13.2. The topological polar surface area (TPSA) is 46.2 Å². The molecule has 0 aliphatic rings. The highest BCUT2D eigenvalue weighted by atomic mass is 35.5. The van der Waals surface area contributed by atoms with Crippen LogP contribution in [0.3, 0.4) is 0 Å². The van der Waals surface area contributed by atoms with Gasteiger partial charge in [-0.2, -0.15) is 0 Å². The third-order valence-electron chi connectivity index (χ3n) is 1.85. The van der Waals surface area contributed by atoms with E-state index in [0.717, 1.165) is 12.1 Å². The van der Waals surface area contributed by atoms with Gasteiger partial charge in [0.15, 0.2) is 0 Å². The van der Waals surface area contributed by atoms with Crippen LogP contribution in [-0.2, 0) is 0 Å². The summed E-state index contributed by atoms with van der Waals surface area (Å²) in [6.45, 7) is -0.220. The number of rotatable bonds is 3. The summed E-state index contributed by atoms with van der Waals surface area (Å²) in [7, 11) is 0. The van der Waals surface area contributed by atoms with Crippen molar-refractivity contribution in [2.24, 2.45) is 5.73 Å². The molecule has 0 radical (unpaired) electrons. The molecule has 0 aliphatic carbocycles. The summed E-state index contributed by atoms with van der Waals surface area (Å²) in [5, 5.41) is 8.57. The van der Waals surface area contributed by atoms with Crippen molar-refractivity contribution in [1.29, 1.82) is 0 Å². The van der Waals surface area contributed by atoms with Crippen LogP contribution in [0.25, 0.3) is 0 Å². The molecule has 0 unspecified atom stereocenters. The van der Waals surface area contributed by atoms with Gasteiger partial charge in [-0.25, -0.2) is 8.78 Å². The molecule has 1 rings (SSSR count). The van der Waals surface area contributed by atoms with Crippen LogP contribution in [0, 0.1) is 11.6 Å². The largest absolute Gasteiger partial charge is 0.396 e. The van der Waals surface area contributed by atoms with Crippen molar-refractivity contribution < 1.29 is 13.9 Å². The Kier molecular flexibility index (Phi) is 3.80. The van der Waals surface area contributed by atoms with Crippen molar-refractivity contribution in [1.82, 2.24) is 0 Å². The predicted molar refractivity (Wildman–Crippen MR) is 50.0 cm³/mol. The Balaban J connectivity index is 3.07. The molecule has 0 aliphatic heterocycles. The van der Waals surface area contributed by atoms with Crippen LogP contribution >= 0.6 is 11.6 Å². The molecule has 14 heavy (non-hydrogen) atoms. The van der Waals surface area contributed by atoms with E-state index in [1.165, 1.54) is 0 Å². The van der Waals surface area contributed by atoms with Gasteiger partial charge in [0.05, 0.1) is 0 Å². The van der Waals surface area contributed by atoms with Crippen LogP contribution in [0.2, 0.25) is 5.02 Å². The maximum absolute atomic E-state index is 13.2. The average Bonchev–Trinajstić information content (AvgIpc) is 2.01. The number of aliphatic hydroxyl groups is 1. The Labute approximate surface area is 85.3 Å². The molecule has 0 saturated heterocycles. The van der Waals surface area contributed by atoms with Gasteiger partial charge in [-0.3, -0.25) is 0 Å². The molecular formula is C9H10ClF2NO. The molecule has 0 saturated carbocycles. The lowest BCUT2D eigenvalue weighted by molar-refractivity contribution is 0.274. The van der Waals surface area contributed by atoms with Gasteiger partial charge in [0.1, 0.15) is 11.6 Å². The summed E-state index contributed by atoms with van der Waals surface area (Å²) in [4.78, 5) is 0. The monoisotopic (exact) mass is 221 g/mol. The summed E-state index contributed by atoms with van der Waals surface area (Å²) >= 11 is 5.43. The lowest BCUT2D eigenvalue weighted by Gasteiger charge is -2.12. The minimum absolute atomic E-state index is 0.0139. The quantitative estimate of drug-likeness (QED) is 0.820. The molecule has 0 heterocycles. The van der Waals surface area contributed by atoms with Gasteiger partial charge >= 0.3 is 0 Å². The Morgan fingerprint density at radius 2 is 1.86 bits per heavy atom. The fourth-order valence-electron chi connectivity index (χ4n) is 1.19. The van der Waals surface area contributed by atoms with E-state index in [1.54, 1.807) is 0 Å². The summed E-state index contributed by atoms with van der Waals surface area (Å²) in [6.07, 6.45) is 0.107. The summed E-state index contributed by atoms with van der Waals surface area (Å²) in [5.41, 5.74) is 5.24. The van der Waals surface area contributed by atoms with Gasteiger partial charge < -0.3 is 10.8 Å². The normalized spacial score (nSPS) is 12.9. The first-order chi connectivity index (χ1) is 6.56. The van der Waals surface area contributed by atoms with E-state index in [9.17, 15) is 8.78 Å². The van der Waals surface area contributed by atoms with Crippen molar-refractivity contribution in [2.45, 2.75) is 12.5 Å². The van der Waals surface area contributed by atoms with Gasteiger partial charge in [0.2, 0.25) is 0 Å². The highest BCUT2D eigenvalue weighted by Crippen LogP contribution is 2.24. The molecule has 2 nitrogen and oxygen atoms in total. The highest BCUT2D eigenvalue weighted by Gasteiger charge is 2.17. The zero-order chi connectivity index (χ0) is 10.7. The molecule has 0 aromatic heterocycles. The van der Waals surface area contributed by atoms with Gasteiger partial charge in [-0.15, -0.1) is 0 Å². The van der Waals surface area contributed by atoms with E-state index in [0.29, 0.717) is 0 Å². The summed E-state index contributed by atoms with van der Waals surface area (Å²) in [6, 6.07) is 1.14. The summed E-state index contributed by atoms with van der Waals surface area (Å²) in [5.74, 6) is -1.56. The molecule has 1 aromatic carbocycles. The standard InChI is InChI=1S/C9H10ClF2NO/c10-5-3-6(11)9(7(12)4-5)8(13)1-2-14/h3-4,8,14H,1-2,13H2/t8-/m1/s1. The fourth-order valence-corrected chi connectivity index (χ4v) is 1.38. The highest BCUT2D eigenvalue weighted by molar-refractivity contribution is 6.30. The van der Waals surface area contributed by atoms with Crippen molar-refractivity contribution >= 4 is 11.6 Å². The molecule has 1 aromatic rings. The number of benzene rings is 1. The molecule has 3 N–H and O–H groups in total. The lowest BCUT2D eigenvalue weighted by atomic mass is 10.0. The second kappa shape index (κ2) is 4.68. The van der Waals surface area contributed by atoms with Crippen LogP contribution in [0.5, 0.6) is 0 Å². The van der Waals surface area contributed by atoms with E-state index in [2.05, 4.69) is 0 Å². The van der Waals surface area contributed by atoms with Crippen molar-refractivity contribution in [3.63, 3.8) is 0 Å². The van der Waals surface area contributed by atoms with Crippen LogP contribution in [-0.4, -0.2) is 11.7 Å². The predicted octanol–water partition coefficient (Wildman–Crippen LogP) is 2.00. The van der Waals surface area contributed by atoms with Gasteiger partial charge in [-0.05, 0) is 18.6 Å². The van der Waals surface area contributed by atoms with Crippen LogP contribution < -0.4 is 5.73 Å². The second-order valence-electron chi connectivity index (χ2n) is 2.90. The molecule has 78 valence electrons. The summed E-state index contributed by atoms with van der Waals surface area (Å²) < 4.78 is 26.4. The first-order valence-electron chi connectivity index (χ1n) is 4.07. The third kappa shape index (κ3) is 2.41. The lowest BCUT2D eigenvalue weighted by Crippen LogP contribution is -2.15. The Morgan fingerprint density at radius 3 is 2.29 bits per heavy atom. The molecule has 0 spiro atoms.